The second kappa shape index (κ2) is 6.79. The molecule has 2 N–H and O–H groups in total. The van der Waals surface area contributed by atoms with Gasteiger partial charge in [0.25, 0.3) is 0 Å². The predicted molar refractivity (Wildman–Crippen MR) is 59.1 cm³/mol. The molecule has 0 radical (unpaired) electrons. The summed E-state index contributed by atoms with van der Waals surface area (Å²) >= 11 is 0. The zero-order chi connectivity index (χ0) is 11.1. The lowest BCUT2D eigenvalue weighted by Gasteiger charge is -2.23. The highest BCUT2D eigenvalue weighted by Crippen LogP contribution is 1.92. The Morgan fingerprint density at radius 3 is 2.21 bits per heavy atom. The van der Waals surface area contributed by atoms with Gasteiger partial charge in [-0.05, 0) is 27.8 Å². The van der Waals surface area contributed by atoms with E-state index in [0.717, 1.165) is 19.6 Å². The molecule has 0 aliphatic heterocycles. The quantitative estimate of drug-likeness (QED) is 0.665. The molecule has 0 aromatic rings. The fourth-order valence-electron chi connectivity index (χ4n) is 1.46. The van der Waals surface area contributed by atoms with E-state index in [-0.39, 0.29) is 11.9 Å². The van der Waals surface area contributed by atoms with Gasteiger partial charge in [0, 0.05) is 25.7 Å². The van der Waals surface area contributed by atoms with E-state index in [0.29, 0.717) is 6.54 Å². The molecule has 4 heteroatoms. The van der Waals surface area contributed by atoms with Gasteiger partial charge in [-0.25, -0.2) is 0 Å². The van der Waals surface area contributed by atoms with E-state index < -0.39 is 0 Å². The SMILES string of the molecule is CCN(CC)C(=O)CN(C)CC(C)N. The monoisotopic (exact) mass is 201 g/mol. The van der Waals surface area contributed by atoms with Gasteiger partial charge in [-0.3, -0.25) is 9.69 Å². The first-order chi connectivity index (χ1) is 6.51. The summed E-state index contributed by atoms with van der Waals surface area (Å²) in [6.45, 7) is 8.71. The van der Waals surface area contributed by atoms with Crippen LogP contribution in [-0.2, 0) is 4.79 Å². The molecule has 0 bridgehead atoms. The molecule has 0 rings (SSSR count). The van der Waals surface area contributed by atoms with Gasteiger partial charge in [-0.1, -0.05) is 0 Å². The summed E-state index contributed by atoms with van der Waals surface area (Å²) < 4.78 is 0. The van der Waals surface area contributed by atoms with Gasteiger partial charge in [-0.15, -0.1) is 0 Å². The summed E-state index contributed by atoms with van der Waals surface area (Å²) in [6.07, 6.45) is 0. The van der Waals surface area contributed by atoms with E-state index in [4.69, 9.17) is 5.73 Å². The van der Waals surface area contributed by atoms with Crippen LogP contribution in [0.4, 0.5) is 0 Å². The second-order valence-corrected chi connectivity index (χ2v) is 3.74. The minimum Gasteiger partial charge on any atom is -0.342 e. The Bertz CT molecular complexity index is 167. The molecule has 0 saturated carbocycles. The van der Waals surface area contributed by atoms with Crippen molar-refractivity contribution in [2.24, 2.45) is 5.73 Å². The fourth-order valence-corrected chi connectivity index (χ4v) is 1.46. The summed E-state index contributed by atoms with van der Waals surface area (Å²) in [5.41, 5.74) is 5.64. The van der Waals surface area contributed by atoms with Crippen molar-refractivity contribution >= 4 is 5.91 Å². The lowest BCUT2D eigenvalue weighted by molar-refractivity contribution is -0.131. The van der Waals surface area contributed by atoms with E-state index in [1.54, 1.807) is 0 Å². The number of carbonyl (C=O) groups excluding carboxylic acids is 1. The summed E-state index contributed by atoms with van der Waals surface area (Å²) in [4.78, 5) is 15.4. The van der Waals surface area contributed by atoms with Gasteiger partial charge >= 0.3 is 0 Å². The van der Waals surface area contributed by atoms with Crippen LogP contribution in [0.3, 0.4) is 0 Å². The van der Waals surface area contributed by atoms with E-state index in [9.17, 15) is 4.79 Å². The molecule has 0 fully saturated rings. The highest BCUT2D eigenvalue weighted by Gasteiger charge is 2.12. The Hall–Kier alpha value is -0.610. The summed E-state index contributed by atoms with van der Waals surface area (Å²) in [5, 5.41) is 0. The van der Waals surface area contributed by atoms with Crippen molar-refractivity contribution < 1.29 is 4.79 Å². The summed E-state index contributed by atoms with van der Waals surface area (Å²) in [5.74, 6) is 0.179. The molecular formula is C10H23N3O. The van der Waals surface area contributed by atoms with E-state index in [1.807, 2.05) is 37.6 Å². The lowest BCUT2D eigenvalue weighted by Crippen LogP contribution is -2.42. The number of rotatable bonds is 6. The molecule has 1 atom stereocenters. The van der Waals surface area contributed by atoms with Crippen LogP contribution in [0.1, 0.15) is 20.8 Å². The molecule has 0 aliphatic carbocycles. The lowest BCUT2D eigenvalue weighted by atomic mass is 10.3. The van der Waals surface area contributed by atoms with E-state index in [1.165, 1.54) is 0 Å². The number of hydrogen-bond donors (Lipinski definition) is 1. The molecule has 0 spiro atoms. The number of carbonyl (C=O) groups is 1. The molecule has 4 nitrogen and oxygen atoms in total. The van der Waals surface area contributed by atoms with Crippen molar-refractivity contribution in [1.29, 1.82) is 0 Å². The molecule has 0 heterocycles. The van der Waals surface area contributed by atoms with Crippen LogP contribution in [0.5, 0.6) is 0 Å². The Balaban J connectivity index is 3.91. The van der Waals surface area contributed by atoms with Crippen LogP contribution >= 0.6 is 0 Å². The molecule has 0 saturated heterocycles. The number of likely N-dealkylation sites (N-methyl/N-ethyl adjacent to an activating group) is 2. The topological polar surface area (TPSA) is 49.6 Å². The number of nitrogens with zero attached hydrogens (tertiary/aromatic N) is 2. The average Bonchev–Trinajstić information content (AvgIpc) is 2.04. The zero-order valence-electron chi connectivity index (χ0n) is 9.79. The summed E-state index contributed by atoms with van der Waals surface area (Å²) in [7, 11) is 1.92. The minimum absolute atomic E-state index is 0.115. The second-order valence-electron chi connectivity index (χ2n) is 3.74. The van der Waals surface area contributed by atoms with Crippen molar-refractivity contribution in [2.45, 2.75) is 26.8 Å². The normalized spacial score (nSPS) is 13.0. The van der Waals surface area contributed by atoms with E-state index >= 15 is 0 Å². The first-order valence-corrected chi connectivity index (χ1v) is 5.23. The fraction of sp³-hybridized carbons (Fsp3) is 0.900. The highest BCUT2D eigenvalue weighted by atomic mass is 16.2. The van der Waals surface area contributed by atoms with Crippen molar-refractivity contribution in [1.82, 2.24) is 9.80 Å². The van der Waals surface area contributed by atoms with Crippen LogP contribution in [0.2, 0.25) is 0 Å². The van der Waals surface area contributed by atoms with Crippen LogP contribution in [0.25, 0.3) is 0 Å². The highest BCUT2D eigenvalue weighted by molar-refractivity contribution is 5.78. The molecule has 1 amide bonds. The van der Waals surface area contributed by atoms with Crippen molar-refractivity contribution in [2.75, 3.05) is 33.2 Å². The Labute approximate surface area is 87.0 Å². The molecule has 14 heavy (non-hydrogen) atoms. The van der Waals surface area contributed by atoms with Gasteiger partial charge in [-0.2, -0.15) is 0 Å². The predicted octanol–water partition coefficient (Wildman–Crippen LogP) is 0.134. The first kappa shape index (κ1) is 13.4. The van der Waals surface area contributed by atoms with Crippen LogP contribution < -0.4 is 5.73 Å². The Kier molecular flexibility index (Phi) is 6.49. The standard InChI is InChI=1S/C10H23N3O/c1-5-13(6-2)10(14)8-12(4)7-9(3)11/h9H,5-8,11H2,1-4H3. The third-order valence-corrected chi connectivity index (χ3v) is 2.12. The van der Waals surface area contributed by atoms with Crippen molar-refractivity contribution in [3.63, 3.8) is 0 Å². The third-order valence-electron chi connectivity index (χ3n) is 2.12. The van der Waals surface area contributed by atoms with Gasteiger partial charge in [0.2, 0.25) is 5.91 Å². The van der Waals surface area contributed by atoms with E-state index in [2.05, 4.69) is 0 Å². The van der Waals surface area contributed by atoms with Crippen LogP contribution in [0, 0.1) is 0 Å². The van der Waals surface area contributed by atoms with Gasteiger partial charge in [0.05, 0.1) is 6.54 Å². The largest absolute Gasteiger partial charge is 0.342 e. The average molecular weight is 201 g/mol. The molecule has 0 aromatic carbocycles. The number of amides is 1. The zero-order valence-corrected chi connectivity index (χ0v) is 9.79. The maximum Gasteiger partial charge on any atom is 0.236 e. The molecule has 0 aromatic heterocycles. The van der Waals surface area contributed by atoms with Gasteiger partial charge in [0.15, 0.2) is 0 Å². The minimum atomic E-state index is 0.115. The van der Waals surface area contributed by atoms with Gasteiger partial charge in [0.1, 0.15) is 0 Å². The van der Waals surface area contributed by atoms with Crippen LogP contribution in [-0.4, -0.2) is 55.0 Å². The molecule has 1 unspecified atom stereocenters. The summed E-state index contributed by atoms with van der Waals surface area (Å²) in [6, 6.07) is 0.115. The Morgan fingerprint density at radius 1 is 1.36 bits per heavy atom. The van der Waals surface area contributed by atoms with Gasteiger partial charge < -0.3 is 10.6 Å². The molecule has 0 aliphatic rings. The van der Waals surface area contributed by atoms with Crippen molar-refractivity contribution in [3.05, 3.63) is 0 Å². The molecule has 84 valence electrons. The maximum absolute atomic E-state index is 11.6. The Morgan fingerprint density at radius 2 is 1.86 bits per heavy atom. The van der Waals surface area contributed by atoms with Crippen molar-refractivity contribution in [3.8, 4) is 0 Å². The first-order valence-electron chi connectivity index (χ1n) is 5.23. The number of nitrogens with two attached hydrogens (primary N) is 1. The third kappa shape index (κ3) is 5.19. The molecular weight excluding hydrogens is 178 g/mol. The number of hydrogen-bond acceptors (Lipinski definition) is 3. The smallest absolute Gasteiger partial charge is 0.236 e. The van der Waals surface area contributed by atoms with Crippen LogP contribution in [0.15, 0.2) is 0 Å². The maximum atomic E-state index is 11.6.